The molecule has 30 heavy (non-hydrogen) atoms. The average molecular weight is 433 g/mol. The molecule has 0 unspecified atom stereocenters. The zero-order valence-electron chi connectivity index (χ0n) is 16.5. The number of morpholine rings is 1. The number of amides is 2. The number of benzene rings is 2. The number of sulfonamides is 1. The van der Waals surface area contributed by atoms with E-state index in [0.29, 0.717) is 18.9 Å². The van der Waals surface area contributed by atoms with E-state index in [1.54, 1.807) is 24.3 Å². The van der Waals surface area contributed by atoms with E-state index in [1.165, 1.54) is 29.6 Å². The molecule has 0 radical (unpaired) electrons. The Hall–Kier alpha value is -2.95. The molecule has 3 N–H and O–H groups in total. The zero-order valence-corrected chi connectivity index (χ0v) is 17.3. The number of nitrogens with zero attached hydrogens (tertiary/aromatic N) is 1. The maximum absolute atomic E-state index is 13.0. The van der Waals surface area contributed by atoms with Crippen molar-refractivity contribution in [3.8, 4) is 5.75 Å². The Balaban J connectivity index is 1.83. The van der Waals surface area contributed by atoms with Gasteiger partial charge in [0.05, 0.1) is 26.7 Å². The van der Waals surface area contributed by atoms with Crippen molar-refractivity contribution < 1.29 is 27.5 Å². The molecule has 2 aromatic carbocycles. The standard InChI is InChI=1S/C20H23N3O6S/c1-28-17-7-4-15(13-18(17)30(26,27)23-8-10-29-11-9-23)20(25)22-16-5-2-14(3-6-16)12-19(21)24/h2-7,13H,8-12H2,1H3,(H2,21,24)(H,22,25). The lowest BCUT2D eigenvalue weighted by Crippen LogP contribution is -2.40. The van der Waals surface area contributed by atoms with Gasteiger partial charge in [-0.05, 0) is 35.9 Å². The van der Waals surface area contributed by atoms with Crippen molar-refractivity contribution in [2.75, 3.05) is 38.7 Å². The molecule has 160 valence electrons. The molecule has 0 spiro atoms. The third-order valence-electron chi connectivity index (χ3n) is 4.60. The number of anilines is 1. The van der Waals surface area contributed by atoms with Gasteiger partial charge in [-0.15, -0.1) is 0 Å². The first-order chi connectivity index (χ1) is 14.3. The van der Waals surface area contributed by atoms with Crippen molar-refractivity contribution in [1.82, 2.24) is 4.31 Å². The van der Waals surface area contributed by atoms with Crippen LogP contribution < -0.4 is 15.8 Å². The fraction of sp³-hybridized carbons (Fsp3) is 0.300. The monoisotopic (exact) mass is 433 g/mol. The molecule has 1 aliphatic rings. The predicted octanol–water partition coefficient (Wildman–Crippen LogP) is 0.996. The molecule has 0 aromatic heterocycles. The molecule has 1 aliphatic heterocycles. The molecule has 0 saturated carbocycles. The number of nitrogens with one attached hydrogen (secondary N) is 1. The third kappa shape index (κ3) is 4.96. The Morgan fingerprint density at radius 2 is 1.80 bits per heavy atom. The van der Waals surface area contributed by atoms with Crippen LogP contribution in [0, 0.1) is 0 Å². The van der Waals surface area contributed by atoms with Crippen molar-refractivity contribution in [1.29, 1.82) is 0 Å². The topological polar surface area (TPSA) is 128 Å². The summed E-state index contributed by atoms with van der Waals surface area (Å²) >= 11 is 0. The van der Waals surface area contributed by atoms with E-state index < -0.39 is 21.8 Å². The van der Waals surface area contributed by atoms with Gasteiger partial charge in [-0.2, -0.15) is 4.31 Å². The Morgan fingerprint density at radius 1 is 1.13 bits per heavy atom. The van der Waals surface area contributed by atoms with Gasteiger partial charge in [0, 0.05) is 24.3 Å². The summed E-state index contributed by atoms with van der Waals surface area (Å²) in [6.45, 7) is 1.10. The fourth-order valence-corrected chi connectivity index (χ4v) is 4.65. The van der Waals surface area contributed by atoms with Crippen LogP contribution in [0.25, 0.3) is 0 Å². The first kappa shape index (κ1) is 21.8. The lowest BCUT2D eigenvalue weighted by molar-refractivity contribution is -0.117. The second kappa shape index (κ2) is 9.24. The molecule has 0 aliphatic carbocycles. The van der Waals surface area contributed by atoms with Gasteiger partial charge in [0.2, 0.25) is 15.9 Å². The fourth-order valence-electron chi connectivity index (χ4n) is 3.06. The number of rotatable bonds is 7. The molecule has 9 nitrogen and oxygen atoms in total. The van der Waals surface area contributed by atoms with E-state index in [9.17, 15) is 18.0 Å². The highest BCUT2D eigenvalue weighted by molar-refractivity contribution is 7.89. The number of nitrogens with two attached hydrogens (primary N) is 1. The molecule has 1 saturated heterocycles. The maximum Gasteiger partial charge on any atom is 0.255 e. The van der Waals surface area contributed by atoms with Gasteiger partial charge in [-0.25, -0.2) is 8.42 Å². The highest BCUT2D eigenvalue weighted by Crippen LogP contribution is 2.28. The van der Waals surface area contributed by atoms with Crippen LogP contribution in [0.1, 0.15) is 15.9 Å². The van der Waals surface area contributed by atoms with Crippen LogP contribution in [-0.2, 0) is 26.0 Å². The van der Waals surface area contributed by atoms with Gasteiger partial charge in [0.15, 0.2) is 0 Å². The number of carbonyl (C=O) groups is 2. The van der Waals surface area contributed by atoms with Crippen molar-refractivity contribution in [2.24, 2.45) is 5.73 Å². The normalized spacial score (nSPS) is 14.8. The number of hydrogen-bond acceptors (Lipinski definition) is 6. The van der Waals surface area contributed by atoms with E-state index in [1.807, 2.05) is 0 Å². The lowest BCUT2D eigenvalue weighted by atomic mass is 10.1. The van der Waals surface area contributed by atoms with E-state index in [4.69, 9.17) is 15.2 Å². The summed E-state index contributed by atoms with van der Waals surface area (Å²) in [5, 5.41) is 2.71. The molecule has 0 atom stereocenters. The Kier molecular flexibility index (Phi) is 6.70. The number of primary amides is 1. The highest BCUT2D eigenvalue weighted by atomic mass is 32.2. The molecule has 2 amide bonds. The highest BCUT2D eigenvalue weighted by Gasteiger charge is 2.30. The van der Waals surface area contributed by atoms with E-state index >= 15 is 0 Å². The van der Waals surface area contributed by atoms with E-state index in [2.05, 4.69) is 5.32 Å². The Morgan fingerprint density at radius 3 is 2.40 bits per heavy atom. The first-order valence-corrected chi connectivity index (χ1v) is 10.7. The third-order valence-corrected chi connectivity index (χ3v) is 6.52. The number of hydrogen-bond donors (Lipinski definition) is 2. The van der Waals surface area contributed by atoms with Crippen molar-refractivity contribution in [3.05, 3.63) is 53.6 Å². The first-order valence-electron chi connectivity index (χ1n) is 9.26. The summed E-state index contributed by atoms with van der Waals surface area (Å²) < 4.78 is 37.8. The van der Waals surface area contributed by atoms with E-state index in [0.717, 1.165) is 5.56 Å². The summed E-state index contributed by atoms with van der Waals surface area (Å²) in [7, 11) is -2.47. The molecular formula is C20H23N3O6S. The number of methoxy groups -OCH3 is 1. The van der Waals surface area contributed by atoms with Crippen LogP contribution in [0.15, 0.2) is 47.4 Å². The summed E-state index contributed by atoms with van der Waals surface area (Å²) in [6, 6.07) is 10.9. The minimum atomic E-state index is -3.85. The number of ether oxygens (including phenoxy) is 2. The molecule has 3 rings (SSSR count). The lowest BCUT2D eigenvalue weighted by Gasteiger charge is -2.26. The predicted molar refractivity (Wildman–Crippen MR) is 110 cm³/mol. The molecular weight excluding hydrogens is 410 g/mol. The zero-order chi connectivity index (χ0) is 21.7. The van der Waals surface area contributed by atoms with Gasteiger partial charge < -0.3 is 20.5 Å². The smallest absolute Gasteiger partial charge is 0.255 e. The Labute approximate surface area is 174 Å². The molecule has 2 aromatic rings. The van der Waals surface area contributed by atoms with Gasteiger partial charge in [0.25, 0.3) is 5.91 Å². The van der Waals surface area contributed by atoms with Gasteiger partial charge in [-0.1, -0.05) is 12.1 Å². The largest absolute Gasteiger partial charge is 0.495 e. The van der Waals surface area contributed by atoms with Gasteiger partial charge >= 0.3 is 0 Å². The minimum Gasteiger partial charge on any atom is -0.495 e. The van der Waals surface area contributed by atoms with Crippen LogP contribution in [0.2, 0.25) is 0 Å². The van der Waals surface area contributed by atoms with Crippen LogP contribution in [0.5, 0.6) is 5.75 Å². The molecule has 10 heteroatoms. The number of carbonyl (C=O) groups excluding carboxylic acids is 2. The minimum absolute atomic E-state index is 0.0728. The molecule has 1 heterocycles. The van der Waals surface area contributed by atoms with Crippen LogP contribution in [0.4, 0.5) is 5.69 Å². The summed E-state index contributed by atoms with van der Waals surface area (Å²) in [6.07, 6.45) is 0.107. The summed E-state index contributed by atoms with van der Waals surface area (Å²) in [5.41, 5.74) is 6.57. The second-order valence-corrected chi connectivity index (χ2v) is 8.58. The van der Waals surface area contributed by atoms with Crippen molar-refractivity contribution in [3.63, 3.8) is 0 Å². The molecule has 0 bridgehead atoms. The van der Waals surface area contributed by atoms with Gasteiger partial charge in [-0.3, -0.25) is 9.59 Å². The van der Waals surface area contributed by atoms with Crippen LogP contribution in [-0.4, -0.2) is 58.0 Å². The summed E-state index contributed by atoms with van der Waals surface area (Å²) in [4.78, 5) is 23.6. The van der Waals surface area contributed by atoms with E-state index in [-0.39, 0.29) is 35.7 Å². The second-order valence-electron chi connectivity index (χ2n) is 6.68. The Bertz CT molecular complexity index is 1030. The van der Waals surface area contributed by atoms with Crippen molar-refractivity contribution in [2.45, 2.75) is 11.3 Å². The van der Waals surface area contributed by atoms with Crippen LogP contribution in [0.3, 0.4) is 0 Å². The molecule has 1 fully saturated rings. The maximum atomic E-state index is 13.0. The van der Waals surface area contributed by atoms with Crippen LogP contribution >= 0.6 is 0 Å². The average Bonchev–Trinajstić information content (AvgIpc) is 2.75. The summed E-state index contributed by atoms with van der Waals surface area (Å²) in [5.74, 6) is -0.758. The van der Waals surface area contributed by atoms with Crippen molar-refractivity contribution >= 4 is 27.5 Å². The quantitative estimate of drug-likeness (QED) is 0.670. The SMILES string of the molecule is COc1ccc(C(=O)Nc2ccc(CC(N)=O)cc2)cc1S(=O)(=O)N1CCOCC1. The van der Waals surface area contributed by atoms with Gasteiger partial charge in [0.1, 0.15) is 10.6 Å².